The van der Waals surface area contributed by atoms with Gasteiger partial charge >= 0.3 is 0 Å². The number of hydrogen-bond donors (Lipinski definition) is 0. The average molecular weight is 152 g/mol. The molecule has 4 atom stereocenters. The van der Waals surface area contributed by atoms with Crippen molar-refractivity contribution in [3.8, 4) is 0 Å². The maximum absolute atomic E-state index is 1.77. The molecule has 1 spiro atoms. The molecule has 0 aromatic rings. The van der Waals surface area contributed by atoms with Gasteiger partial charge in [0, 0.05) is 0 Å². The zero-order valence-corrected chi connectivity index (χ0v) is 6.89. The van der Waals surface area contributed by atoms with Crippen LogP contribution in [0, 0.1) is 0 Å². The van der Waals surface area contributed by atoms with Crippen LogP contribution < -0.4 is 0 Å². The Hall–Kier alpha value is 1.72. The van der Waals surface area contributed by atoms with E-state index in [-0.39, 0.29) is 0 Å². The highest BCUT2D eigenvalue weighted by Gasteiger charge is 2.80. The minimum Gasteiger partial charge on any atom is -0.0733 e. The fourth-order valence-corrected chi connectivity index (χ4v) is 31.9. The van der Waals surface area contributed by atoms with Gasteiger partial charge < -0.3 is 0 Å². The lowest BCUT2D eigenvalue weighted by atomic mass is 11.8. The lowest BCUT2D eigenvalue weighted by Gasteiger charge is -2.01. The Morgan fingerprint density at radius 3 is 2.00 bits per heavy atom. The van der Waals surface area contributed by atoms with Gasteiger partial charge in [0.25, 0.3) is 0 Å². The first-order valence-electron chi connectivity index (χ1n) is 2.03. The first kappa shape index (κ1) is 3.69. The molecule has 3 aliphatic heterocycles. The Morgan fingerprint density at radius 2 is 2.00 bits per heavy atom. The summed E-state index contributed by atoms with van der Waals surface area (Å²) in [6, 6.07) is 0. The second kappa shape index (κ2) is 0.786. The van der Waals surface area contributed by atoms with Gasteiger partial charge in [-0.1, -0.05) is 31.8 Å². The van der Waals surface area contributed by atoms with Gasteiger partial charge in [0.1, 0.15) is 0 Å². The molecule has 0 bridgehead atoms. The van der Waals surface area contributed by atoms with Crippen LogP contribution in [0.4, 0.5) is 0 Å². The topological polar surface area (TPSA) is 0 Å². The second-order valence-electron chi connectivity index (χ2n) is 1.89. The van der Waals surface area contributed by atoms with Gasteiger partial charge in [-0.3, -0.25) is 0 Å². The minimum absolute atomic E-state index is 0.810. The molecular weight excluding hydrogens is 148 g/mol. The number of rotatable bonds is 0. The van der Waals surface area contributed by atoms with E-state index in [1.165, 1.54) is 20.9 Å². The first-order chi connectivity index (χ1) is 2.92. The molecular formula is C2H4P4. The highest BCUT2D eigenvalue weighted by Crippen LogP contribution is 3.31. The molecule has 6 heavy (non-hydrogen) atoms. The van der Waals surface area contributed by atoms with E-state index in [0.29, 0.717) is 0 Å². The Labute approximate surface area is 42.7 Å². The van der Waals surface area contributed by atoms with Gasteiger partial charge in [0.15, 0.2) is 0 Å². The van der Waals surface area contributed by atoms with Crippen LogP contribution in [0.3, 0.4) is 0 Å². The predicted molar refractivity (Wildman–Crippen MR) is 38.1 cm³/mol. The highest BCUT2D eigenvalue weighted by atomic mass is 32.2. The maximum Gasteiger partial charge on any atom is 0.0597 e. The van der Waals surface area contributed by atoms with Gasteiger partial charge in [-0.05, 0) is 5.90 Å². The Bertz CT molecular complexity index is 103. The maximum atomic E-state index is 1.77. The molecule has 0 nitrogen and oxygen atoms in total. The third-order valence-electron chi connectivity index (χ3n) is 1.55. The quantitative estimate of drug-likeness (QED) is 0.468. The summed E-state index contributed by atoms with van der Waals surface area (Å²) in [6.45, 7) is 0. The van der Waals surface area contributed by atoms with E-state index in [4.69, 9.17) is 0 Å². The summed E-state index contributed by atoms with van der Waals surface area (Å²) in [7, 11) is 4.67. The molecule has 3 saturated heterocycles. The summed E-state index contributed by atoms with van der Waals surface area (Å²) >= 11 is 0. The van der Waals surface area contributed by atoms with Crippen molar-refractivity contribution in [3.63, 3.8) is 0 Å². The van der Waals surface area contributed by atoms with E-state index >= 15 is 0 Å². The molecule has 4 heteroatoms. The summed E-state index contributed by atoms with van der Waals surface area (Å²) in [5, 5.41) is 0. The van der Waals surface area contributed by atoms with Crippen LogP contribution in [0.1, 0.15) is 0 Å². The highest BCUT2D eigenvalue weighted by molar-refractivity contribution is 8.76. The normalized spacial score (nSPS) is 88.0. The van der Waals surface area contributed by atoms with Gasteiger partial charge in [0.2, 0.25) is 0 Å². The zero-order chi connectivity index (χ0) is 3.78. The molecule has 0 amide bonds. The molecule has 0 N–H and O–H groups in total. The standard InChI is InChI=1S/C2H4P4/c1-5-2(3-5)4-6(1)2/h3-4H,1H2. The van der Waals surface area contributed by atoms with E-state index in [0.717, 1.165) is 15.2 Å². The molecule has 3 aliphatic rings. The van der Waals surface area contributed by atoms with Crippen molar-refractivity contribution >= 4 is 31.8 Å². The van der Waals surface area contributed by atoms with Crippen LogP contribution in [-0.4, -0.2) is 10.3 Å². The molecule has 0 aromatic heterocycles. The molecule has 3 fully saturated rings. The van der Waals surface area contributed by atoms with Gasteiger partial charge in [0.05, 0.1) is 4.38 Å². The van der Waals surface area contributed by atoms with Crippen molar-refractivity contribution in [1.82, 2.24) is 0 Å². The lowest BCUT2D eigenvalue weighted by molar-refractivity contribution is 1.85. The van der Waals surface area contributed by atoms with Crippen molar-refractivity contribution in [2.75, 3.05) is 5.90 Å². The summed E-state index contributed by atoms with van der Waals surface area (Å²) < 4.78 is 1.24. The van der Waals surface area contributed by atoms with Gasteiger partial charge in [-0.2, -0.15) is 0 Å². The van der Waals surface area contributed by atoms with Crippen LogP contribution >= 0.6 is 31.8 Å². The van der Waals surface area contributed by atoms with Crippen molar-refractivity contribution in [1.29, 1.82) is 0 Å². The van der Waals surface area contributed by atoms with Crippen LogP contribution in [-0.2, 0) is 0 Å². The van der Waals surface area contributed by atoms with E-state index in [9.17, 15) is 0 Å². The molecule has 0 aromatic carbocycles. The van der Waals surface area contributed by atoms with E-state index in [1.54, 1.807) is 5.90 Å². The van der Waals surface area contributed by atoms with Crippen LogP contribution in [0.25, 0.3) is 0 Å². The SMILES string of the molecule is C1P2PC23PP13. The molecule has 3 heterocycles. The average Bonchev–Trinajstić information content (AvgIpc) is 2.31. The number of hydrogen-bond acceptors (Lipinski definition) is 0. The summed E-state index contributed by atoms with van der Waals surface area (Å²) in [4.78, 5) is 0. The zero-order valence-electron chi connectivity index (χ0n) is 3.10. The third kappa shape index (κ3) is 0.226. The van der Waals surface area contributed by atoms with Crippen LogP contribution in [0.5, 0.6) is 0 Å². The van der Waals surface area contributed by atoms with Crippen molar-refractivity contribution in [2.24, 2.45) is 0 Å². The van der Waals surface area contributed by atoms with Gasteiger partial charge in [-0.15, -0.1) is 0 Å². The predicted octanol–water partition coefficient (Wildman–Crippen LogP) is 2.75. The van der Waals surface area contributed by atoms with Crippen LogP contribution in [0.2, 0.25) is 0 Å². The van der Waals surface area contributed by atoms with E-state index in [1.807, 2.05) is 0 Å². The van der Waals surface area contributed by atoms with E-state index < -0.39 is 0 Å². The fourth-order valence-electron chi connectivity index (χ4n) is 0.957. The largest absolute Gasteiger partial charge is 0.0733 e. The lowest BCUT2D eigenvalue weighted by Crippen LogP contribution is -1.76. The molecule has 3 rings (SSSR count). The Kier molecular flexibility index (Phi) is 0.484. The molecule has 0 radical (unpaired) electrons. The van der Waals surface area contributed by atoms with E-state index in [2.05, 4.69) is 0 Å². The molecule has 0 saturated carbocycles. The molecule has 32 valence electrons. The van der Waals surface area contributed by atoms with Gasteiger partial charge in [-0.25, -0.2) is 0 Å². The van der Waals surface area contributed by atoms with Crippen molar-refractivity contribution < 1.29 is 0 Å². The Morgan fingerprint density at radius 1 is 1.33 bits per heavy atom. The second-order valence-corrected chi connectivity index (χ2v) is 15.1. The first-order valence-corrected chi connectivity index (χ1v) is 8.76. The van der Waals surface area contributed by atoms with Crippen LogP contribution in [0.15, 0.2) is 0 Å². The van der Waals surface area contributed by atoms with Crippen molar-refractivity contribution in [2.45, 2.75) is 4.38 Å². The molecule has 0 aliphatic carbocycles. The third-order valence-corrected chi connectivity index (χ3v) is 24.1. The summed E-state index contributed by atoms with van der Waals surface area (Å²) in [5.74, 6) is 1.77. The molecule has 4 unspecified atom stereocenters. The monoisotopic (exact) mass is 152 g/mol. The minimum atomic E-state index is 0.810. The van der Waals surface area contributed by atoms with Crippen molar-refractivity contribution in [3.05, 3.63) is 0 Å². The summed E-state index contributed by atoms with van der Waals surface area (Å²) in [5.41, 5.74) is 0. The smallest absolute Gasteiger partial charge is 0.0597 e. The fraction of sp³-hybridized carbons (Fsp3) is 1.00. The Balaban J connectivity index is 2.26. The summed E-state index contributed by atoms with van der Waals surface area (Å²) in [6.07, 6.45) is 0.